The van der Waals surface area contributed by atoms with Gasteiger partial charge in [-0.2, -0.15) is 15.1 Å². The van der Waals surface area contributed by atoms with Crippen LogP contribution >= 0.6 is 11.6 Å². The van der Waals surface area contributed by atoms with Gasteiger partial charge in [-0.25, -0.2) is 13.6 Å². The number of alkyl halides is 2. The van der Waals surface area contributed by atoms with Crippen molar-refractivity contribution in [2.24, 2.45) is 0 Å². The average Bonchev–Trinajstić information content (AvgIpc) is 3.50. The molecule has 4 heterocycles. The Balaban J connectivity index is 1.36. The first-order valence-electron chi connectivity index (χ1n) is 16.8. The number of rotatable bonds is 6. The van der Waals surface area contributed by atoms with E-state index in [0.717, 1.165) is 48.0 Å². The van der Waals surface area contributed by atoms with Crippen molar-refractivity contribution in [1.82, 2.24) is 30.0 Å². The van der Waals surface area contributed by atoms with Crippen molar-refractivity contribution in [1.29, 1.82) is 0 Å². The second kappa shape index (κ2) is 12.7. The Morgan fingerprint density at radius 2 is 1.69 bits per heavy atom. The Morgan fingerprint density at radius 1 is 0.980 bits per heavy atom. The number of ether oxygens (including phenoxy) is 3. The quantitative estimate of drug-likeness (QED) is 0.232. The van der Waals surface area contributed by atoms with E-state index >= 15 is 0 Å². The van der Waals surface area contributed by atoms with Crippen LogP contribution in [0.4, 0.5) is 19.4 Å². The molecule has 2 aromatic carbocycles. The van der Waals surface area contributed by atoms with Gasteiger partial charge in [0, 0.05) is 74.0 Å². The number of fused-ring (bicyclic) bond motifs is 2. The number of piperazine rings is 1. The number of piperidine rings is 1. The number of benzene rings is 2. The van der Waals surface area contributed by atoms with Crippen LogP contribution in [0.25, 0.3) is 32.9 Å². The number of aromatic amines is 1. The molecule has 1 aliphatic carbocycles. The molecule has 11 nitrogen and oxygen atoms in total. The van der Waals surface area contributed by atoms with Crippen LogP contribution in [0.1, 0.15) is 52.0 Å². The maximum atomic E-state index is 14.2. The van der Waals surface area contributed by atoms with Crippen LogP contribution in [0.2, 0.25) is 5.02 Å². The van der Waals surface area contributed by atoms with E-state index in [1.54, 1.807) is 11.1 Å². The van der Waals surface area contributed by atoms with Gasteiger partial charge in [-0.15, -0.1) is 0 Å². The van der Waals surface area contributed by atoms with Gasteiger partial charge >= 0.3 is 12.1 Å². The maximum absolute atomic E-state index is 14.2. The number of hydrogen-bond donors (Lipinski definition) is 1. The van der Waals surface area contributed by atoms with Crippen molar-refractivity contribution in [3.05, 3.63) is 35.0 Å². The number of aryl methyl sites for hydroxylation is 1. The van der Waals surface area contributed by atoms with Gasteiger partial charge in [-0.3, -0.25) is 5.10 Å². The summed E-state index contributed by atoms with van der Waals surface area (Å²) in [4.78, 5) is 28.8. The summed E-state index contributed by atoms with van der Waals surface area (Å²) < 4.78 is 46.9. The minimum absolute atomic E-state index is 0.0890. The van der Waals surface area contributed by atoms with Crippen molar-refractivity contribution in [3.8, 4) is 22.9 Å². The Labute approximate surface area is 288 Å². The van der Waals surface area contributed by atoms with Gasteiger partial charge in [-0.05, 0) is 65.3 Å². The summed E-state index contributed by atoms with van der Waals surface area (Å²) in [6.07, 6.45) is 1.37. The lowest BCUT2D eigenvalue weighted by Gasteiger charge is -2.37. The molecule has 0 bridgehead atoms. The molecular formula is C35H42ClF2N7O4. The molecule has 49 heavy (non-hydrogen) atoms. The lowest BCUT2D eigenvalue weighted by molar-refractivity contribution is -0.134. The smallest absolute Gasteiger partial charge is 0.410 e. The molecule has 0 radical (unpaired) electrons. The zero-order chi connectivity index (χ0) is 34.7. The van der Waals surface area contributed by atoms with Crippen molar-refractivity contribution in [3.63, 3.8) is 0 Å². The summed E-state index contributed by atoms with van der Waals surface area (Å²) in [6, 6.07) is 5.90. The molecule has 0 atom stereocenters. The fraction of sp³-hybridized carbons (Fsp3) is 0.543. The Morgan fingerprint density at radius 3 is 2.37 bits per heavy atom. The molecule has 3 aliphatic rings. The average molecular weight is 698 g/mol. The van der Waals surface area contributed by atoms with Crippen LogP contribution in [0.3, 0.4) is 0 Å². The van der Waals surface area contributed by atoms with E-state index in [1.165, 1.54) is 0 Å². The van der Waals surface area contributed by atoms with E-state index in [9.17, 15) is 13.6 Å². The molecule has 0 unspecified atom stereocenters. The molecule has 0 spiro atoms. The Kier molecular flexibility index (Phi) is 8.71. The fourth-order valence-electron chi connectivity index (χ4n) is 6.80. The lowest BCUT2D eigenvalue weighted by Crippen LogP contribution is -2.50. The van der Waals surface area contributed by atoms with Crippen molar-refractivity contribution in [2.45, 2.75) is 77.1 Å². The van der Waals surface area contributed by atoms with Gasteiger partial charge < -0.3 is 28.9 Å². The van der Waals surface area contributed by atoms with Crippen LogP contribution in [-0.2, 0) is 4.74 Å². The third-order valence-electron chi connectivity index (χ3n) is 9.45. The van der Waals surface area contributed by atoms with Crippen molar-refractivity contribution < 1.29 is 27.8 Å². The van der Waals surface area contributed by atoms with Gasteiger partial charge in [0.15, 0.2) is 5.75 Å². The number of carbonyl (C=O) groups excluding carboxylic acids is 1. The Bertz CT molecular complexity index is 1870. The highest BCUT2D eigenvalue weighted by Crippen LogP contribution is 2.50. The minimum atomic E-state index is -2.80. The third-order valence-corrected chi connectivity index (χ3v) is 9.74. The molecular weight excluding hydrogens is 656 g/mol. The maximum Gasteiger partial charge on any atom is 0.410 e. The van der Waals surface area contributed by atoms with Crippen LogP contribution < -0.4 is 14.4 Å². The van der Waals surface area contributed by atoms with Crippen LogP contribution in [0.15, 0.2) is 24.4 Å². The largest absolute Gasteiger partial charge is 0.487 e. The minimum Gasteiger partial charge on any atom is -0.487 e. The molecule has 262 valence electrons. The predicted molar refractivity (Wildman–Crippen MR) is 184 cm³/mol. The molecule has 2 aliphatic heterocycles. The van der Waals surface area contributed by atoms with Gasteiger partial charge in [0.2, 0.25) is 0 Å². The molecule has 2 saturated heterocycles. The first-order valence-corrected chi connectivity index (χ1v) is 17.2. The number of halogens is 3. The van der Waals surface area contributed by atoms with Crippen molar-refractivity contribution >= 4 is 45.3 Å². The summed E-state index contributed by atoms with van der Waals surface area (Å²) in [7, 11) is 2.08. The van der Waals surface area contributed by atoms with Gasteiger partial charge in [-0.1, -0.05) is 17.7 Å². The Hall–Kier alpha value is -3.97. The highest BCUT2D eigenvalue weighted by Gasteiger charge is 2.47. The van der Waals surface area contributed by atoms with Crippen LogP contribution in [0, 0.1) is 6.92 Å². The van der Waals surface area contributed by atoms with Crippen LogP contribution in [-0.4, -0.2) is 106 Å². The molecule has 4 aromatic rings. The number of anilines is 1. The molecule has 3 fully saturated rings. The zero-order valence-corrected chi connectivity index (χ0v) is 29.2. The standard InChI is InChI=1S/C35H42ClF2N7O4/c1-20-6-7-26-24(19-39-42-26)27(20)28-25(36)16-23-29(30(28)47-22-17-35(37,38)18-22)40-32(48-21-8-10-43(5)11-9-21)41-31(23)44-12-14-45(15-13-44)33(46)49-34(2,3)4/h6-7,16,19,21-22H,8-15,17-18H2,1-5H3,(H,39,42). The second-order valence-electron chi connectivity index (χ2n) is 14.5. The molecule has 1 N–H and O–H groups in total. The molecule has 7 rings (SSSR count). The van der Waals surface area contributed by atoms with Gasteiger partial charge in [0.05, 0.1) is 16.7 Å². The van der Waals surface area contributed by atoms with E-state index < -0.39 is 30.5 Å². The fourth-order valence-corrected chi connectivity index (χ4v) is 7.09. The molecule has 1 saturated carbocycles. The summed E-state index contributed by atoms with van der Waals surface area (Å²) in [6.45, 7) is 11.0. The number of carbonyl (C=O) groups is 1. The zero-order valence-electron chi connectivity index (χ0n) is 28.5. The first kappa shape index (κ1) is 33.5. The SMILES string of the molecule is Cc1ccc2[nH]ncc2c1-c1c(Cl)cc2c(N3CCN(C(=O)OC(C)(C)C)CC3)nc(OC3CCN(C)CC3)nc2c1OC1CC(F)(F)C1. The number of H-pyrrole nitrogens is 1. The normalized spacial score (nSPS) is 19.3. The van der Waals surface area contributed by atoms with Crippen LogP contribution in [0.5, 0.6) is 11.8 Å². The van der Waals surface area contributed by atoms with E-state index in [2.05, 4.69) is 27.0 Å². The third kappa shape index (κ3) is 6.92. The monoisotopic (exact) mass is 697 g/mol. The summed E-state index contributed by atoms with van der Waals surface area (Å²) in [5.41, 5.74) is 2.87. The number of nitrogens with one attached hydrogen (secondary N) is 1. The topological polar surface area (TPSA) is 109 Å². The van der Waals surface area contributed by atoms with Gasteiger partial charge in [0.25, 0.3) is 5.92 Å². The number of nitrogens with zero attached hydrogens (tertiary/aromatic N) is 6. The molecule has 14 heteroatoms. The summed E-state index contributed by atoms with van der Waals surface area (Å²) in [5, 5.41) is 9.06. The number of likely N-dealkylation sites (tertiary alicyclic amines) is 1. The van der Waals surface area contributed by atoms with E-state index in [1.807, 2.05) is 45.9 Å². The summed E-state index contributed by atoms with van der Waals surface area (Å²) >= 11 is 7.19. The highest BCUT2D eigenvalue weighted by atomic mass is 35.5. The van der Waals surface area contributed by atoms with E-state index in [0.29, 0.717) is 59.2 Å². The lowest BCUT2D eigenvalue weighted by atomic mass is 9.90. The highest BCUT2D eigenvalue weighted by molar-refractivity contribution is 6.35. The van der Waals surface area contributed by atoms with E-state index in [-0.39, 0.29) is 18.2 Å². The first-order chi connectivity index (χ1) is 23.2. The van der Waals surface area contributed by atoms with Crippen molar-refractivity contribution in [2.75, 3.05) is 51.2 Å². The molecule has 1 amide bonds. The molecule has 2 aromatic heterocycles. The van der Waals surface area contributed by atoms with E-state index in [4.69, 9.17) is 35.8 Å². The number of amides is 1. The van der Waals surface area contributed by atoms with Gasteiger partial charge in [0.1, 0.15) is 29.1 Å². The number of hydrogen-bond acceptors (Lipinski definition) is 9. The second-order valence-corrected chi connectivity index (χ2v) is 14.9. The number of aromatic nitrogens is 4. The summed E-state index contributed by atoms with van der Waals surface area (Å²) in [5.74, 6) is -1.91. The predicted octanol–water partition coefficient (Wildman–Crippen LogP) is 6.84.